The maximum absolute atomic E-state index is 12.8. The molecule has 2 aromatic rings. The number of carboxylic acids is 1. The minimum absolute atomic E-state index is 0.0849. The predicted octanol–water partition coefficient (Wildman–Crippen LogP) is 3.31. The zero-order chi connectivity index (χ0) is 15.8. The normalized spacial score (nSPS) is 11.7. The van der Waals surface area contributed by atoms with Crippen LogP contribution >= 0.6 is 15.9 Å². The van der Waals surface area contributed by atoms with Crippen LogP contribution in [0.2, 0.25) is 0 Å². The number of benzene rings is 1. The Labute approximate surface area is 125 Å². The summed E-state index contributed by atoms with van der Waals surface area (Å²) in [7, 11) is 0. The lowest BCUT2D eigenvalue weighted by Gasteiger charge is -2.11. The van der Waals surface area contributed by atoms with E-state index in [-0.39, 0.29) is 11.5 Å². The summed E-state index contributed by atoms with van der Waals surface area (Å²) in [5, 5.41) is 12.6. The lowest BCUT2D eigenvalue weighted by molar-refractivity contribution is -0.137. The van der Waals surface area contributed by atoms with Gasteiger partial charge in [0.15, 0.2) is 0 Å². The first-order chi connectivity index (χ1) is 9.74. The molecule has 0 fully saturated rings. The van der Waals surface area contributed by atoms with E-state index >= 15 is 0 Å². The van der Waals surface area contributed by atoms with Crippen LogP contribution in [-0.4, -0.2) is 25.8 Å². The van der Waals surface area contributed by atoms with Crippen molar-refractivity contribution in [3.8, 4) is 5.69 Å². The second-order valence-electron chi connectivity index (χ2n) is 4.09. The lowest BCUT2D eigenvalue weighted by atomic mass is 10.2. The van der Waals surface area contributed by atoms with Crippen LogP contribution in [0.25, 0.3) is 5.69 Å². The van der Waals surface area contributed by atoms with Crippen molar-refractivity contribution in [1.82, 2.24) is 14.8 Å². The molecule has 1 aromatic heterocycles. The first-order valence-corrected chi connectivity index (χ1v) is 6.59. The second-order valence-corrected chi connectivity index (χ2v) is 4.94. The Balaban J connectivity index is 2.63. The van der Waals surface area contributed by atoms with Gasteiger partial charge in [0.05, 0.1) is 11.3 Å². The number of aryl methyl sites for hydroxylation is 1. The first kappa shape index (κ1) is 15.5. The molecule has 21 heavy (non-hydrogen) atoms. The van der Waals surface area contributed by atoms with E-state index in [9.17, 15) is 18.0 Å². The smallest absolute Gasteiger partial charge is 0.416 e. The van der Waals surface area contributed by atoms with E-state index in [1.807, 2.05) is 0 Å². The minimum atomic E-state index is -4.50. The molecule has 0 radical (unpaired) electrons. The molecule has 9 heteroatoms. The Kier molecular flexibility index (Phi) is 4.04. The number of aromatic nitrogens is 3. The van der Waals surface area contributed by atoms with Gasteiger partial charge in [-0.1, -0.05) is 6.92 Å². The van der Waals surface area contributed by atoms with Crippen molar-refractivity contribution in [3.05, 3.63) is 39.9 Å². The Morgan fingerprint density at radius 3 is 2.62 bits per heavy atom. The van der Waals surface area contributed by atoms with E-state index in [0.29, 0.717) is 10.9 Å². The van der Waals surface area contributed by atoms with Crippen molar-refractivity contribution in [2.75, 3.05) is 0 Å². The quantitative estimate of drug-likeness (QED) is 0.908. The molecule has 0 unspecified atom stereocenters. The van der Waals surface area contributed by atoms with E-state index in [1.54, 1.807) is 6.92 Å². The molecule has 0 saturated heterocycles. The molecule has 0 aliphatic heterocycles. The molecular weight excluding hydrogens is 355 g/mol. The number of rotatable bonds is 3. The largest absolute Gasteiger partial charge is 0.475 e. The van der Waals surface area contributed by atoms with Gasteiger partial charge in [0.2, 0.25) is 0 Å². The summed E-state index contributed by atoms with van der Waals surface area (Å²) in [5.41, 5.74) is -0.767. The Bertz CT molecular complexity index is 698. The SMILES string of the molecule is CCc1nc(C(=O)O)nn1-c1cc(C(F)(F)F)ccc1Br. The summed E-state index contributed by atoms with van der Waals surface area (Å²) in [5.74, 6) is -1.55. The second kappa shape index (κ2) is 5.47. The van der Waals surface area contributed by atoms with Gasteiger partial charge in [0.1, 0.15) is 5.82 Å². The number of alkyl halides is 3. The van der Waals surface area contributed by atoms with Crippen molar-refractivity contribution in [2.24, 2.45) is 0 Å². The monoisotopic (exact) mass is 363 g/mol. The van der Waals surface area contributed by atoms with Crippen LogP contribution in [0.15, 0.2) is 22.7 Å². The molecule has 112 valence electrons. The van der Waals surface area contributed by atoms with E-state index in [1.165, 1.54) is 6.07 Å². The first-order valence-electron chi connectivity index (χ1n) is 5.80. The molecule has 0 spiro atoms. The van der Waals surface area contributed by atoms with Crippen LogP contribution in [0.4, 0.5) is 13.2 Å². The molecule has 0 bridgehead atoms. The number of carbonyl (C=O) groups is 1. The summed E-state index contributed by atoms with van der Waals surface area (Å²) in [6, 6.07) is 3.05. The highest BCUT2D eigenvalue weighted by atomic mass is 79.9. The van der Waals surface area contributed by atoms with E-state index in [4.69, 9.17) is 5.11 Å². The molecule has 1 aromatic carbocycles. The topological polar surface area (TPSA) is 68.0 Å². The maximum Gasteiger partial charge on any atom is 0.416 e. The van der Waals surface area contributed by atoms with Crippen molar-refractivity contribution >= 4 is 21.9 Å². The van der Waals surface area contributed by atoms with Crippen LogP contribution in [-0.2, 0) is 12.6 Å². The molecule has 5 nitrogen and oxygen atoms in total. The highest BCUT2D eigenvalue weighted by molar-refractivity contribution is 9.10. The number of nitrogens with zero attached hydrogens (tertiary/aromatic N) is 3. The van der Waals surface area contributed by atoms with Crippen LogP contribution in [0.3, 0.4) is 0 Å². The summed E-state index contributed by atoms with van der Waals surface area (Å²) >= 11 is 3.14. The van der Waals surface area contributed by atoms with E-state index < -0.39 is 23.5 Å². The van der Waals surface area contributed by atoms with Crippen LogP contribution < -0.4 is 0 Å². The molecule has 0 aliphatic carbocycles. The van der Waals surface area contributed by atoms with Gasteiger partial charge >= 0.3 is 12.1 Å². The highest BCUT2D eigenvalue weighted by Crippen LogP contribution is 2.33. The van der Waals surface area contributed by atoms with E-state index in [2.05, 4.69) is 26.0 Å². The molecule has 0 atom stereocenters. The standard InChI is InChI=1S/C12H9BrF3N3O2/c1-2-9-17-10(11(20)21)18-19(9)8-5-6(12(14,15)16)3-4-7(8)13/h3-5H,2H2,1H3,(H,20,21). The average Bonchev–Trinajstić information content (AvgIpc) is 2.82. The third-order valence-corrected chi connectivity index (χ3v) is 3.35. The van der Waals surface area contributed by atoms with Gasteiger partial charge in [-0.2, -0.15) is 13.2 Å². The van der Waals surface area contributed by atoms with Crippen molar-refractivity contribution in [1.29, 1.82) is 0 Å². The third-order valence-electron chi connectivity index (χ3n) is 2.68. The van der Waals surface area contributed by atoms with Crippen molar-refractivity contribution < 1.29 is 23.1 Å². The van der Waals surface area contributed by atoms with Gasteiger partial charge in [0.25, 0.3) is 5.82 Å². The zero-order valence-corrected chi connectivity index (χ0v) is 12.2. The van der Waals surface area contributed by atoms with Crippen molar-refractivity contribution in [3.63, 3.8) is 0 Å². The highest BCUT2D eigenvalue weighted by Gasteiger charge is 2.31. The molecule has 1 N–H and O–H groups in total. The Morgan fingerprint density at radius 2 is 2.10 bits per heavy atom. The van der Waals surface area contributed by atoms with Gasteiger partial charge in [0, 0.05) is 10.9 Å². The molecule has 0 amide bonds. The number of aromatic carboxylic acids is 1. The molecular formula is C12H9BrF3N3O2. The van der Waals surface area contributed by atoms with Gasteiger partial charge in [-0.05, 0) is 34.1 Å². The lowest BCUT2D eigenvalue weighted by Crippen LogP contribution is -2.09. The summed E-state index contributed by atoms with van der Waals surface area (Å²) in [4.78, 5) is 14.7. The third kappa shape index (κ3) is 3.07. The van der Waals surface area contributed by atoms with Crippen LogP contribution in [0, 0.1) is 0 Å². The zero-order valence-electron chi connectivity index (χ0n) is 10.6. The van der Waals surface area contributed by atoms with Gasteiger partial charge in [-0.3, -0.25) is 0 Å². The molecule has 2 rings (SSSR count). The number of carboxylic acid groups (broad SMARTS) is 1. The van der Waals surface area contributed by atoms with Gasteiger partial charge < -0.3 is 5.11 Å². The molecule has 0 aliphatic rings. The number of hydrogen-bond acceptors (Lipinski definition) is 3. The molecule has 1 heterocycles. The van der Waals surface area contributed by atoms with Crippen LogP contribution in [0.1, 0.15) is 28.9 Å². The van der Waals surface area contributed by atoms with E-state index in [0.717, 1.165) is 16.8 Å². The fourth-order valence-corrected chi connectivity index (χ4v) is 2.12. The minimum Gasteiger partial charge on any atom is -0.475 e. The fraction of sp³-hybridized carbons (Fsp3) is 0.250. The predicted molar refractivity (Wildman–Crippen MR) is 70.4 cm³/mol. The van der Waals surface area contributed by atoms with Crippen LogP contribution in [0.5, 0.6) is 0 Å². The number of hydrogen-bond donors (Lipinski definition) is 1. The van der Waals surface area contributed by atoms with Gasteiger partial charge in [-0.25, -0.2) is 14.5 Å². The summed E-state index contributed by atoms with van der Waals surface area (Å²) in [6.45, 7) is 1.70. The fourth-order valence-electron chi connectivity index (χ4n) is 1.71. The number of halogens is 4. The Hall–Kier alpha value is -1.90. The summed E-state index contributed by atoms with van der Waals surface area (Å²) in [6.07, 6.45) is -4.18. The summed E-state index contributed by atoms with van der Waals surface area (Å²) < 4.78 is 39.8. The molecule has 0 saturated carbocycles. The Morgan fingerprint density at radius 1 is 1.43 bits per heavy atom. The maximum atomic E-state index is 12.8. The van der Waals surface area contributed by atoms with Crippen molar-refractivity contribution in [2.45, 2.75) is 19.5 Å². The van der Waals surface area contributed by atoms with Gasteiger partial charge in [-0.15, -0.1) is 5.10 Å². The average molecular weight is 364 g/mol.